The molecule has 1 atom stereocenters. The van der Waals surface area contributed by atoms with Crippen molar-refractivity contribution in [2.75, 3.05) is 18.6 Å². The van der Waals surface area contributed by atoms with E-state index in [0.29, 0.717) is 44.9 Å². The van der Waals surface area contributed by atoms with Gasteiger partial charge in [-0.1, -0.05) is 42.0 Å². The summed E-state index contributed by atoms with van der Waals surface area (Å²) < 4.78 is 11.8. The third-order valence-corrected chi connectivity index (χ3v) is 7.29. The zero-order valence-corrected chi connectivity index (χ0v) is 21.7. The molecule has 188 valence electrons. The standard InChI is InChI=1S/C28H23ClN2O5S/c1-3-14-36-19-10-6-16(7-11-19)24-23(25(32)17-4-8-18(29)9-5-17)26(33)27(34)31(24)28-30-21-13-12-20(35-2)15-22(21)37-28/h4-13,15,24,32H,3,14H2,1-2H3. The molecule has 1 fully saturated rings. The lowest BCUT2D eigenvalue weighted by Gasteiger charge is -2.23. The number of halogens is 1. The highest BCUT2D eigenvalue weighted by Gasteiger charge is 2.48. The number of rotatable bonds is 7. The van der Waals surface area contributed by atoms with Gasteiger partial charge in [-0.2, -0.15) is 0 Å². The summed E-state index contributed by atoms with van der Waals surface area (Å²) in [6.45, 7) is 2.59. The van der Waals surface area contributed by atoms with Gasteiger partial charge >= 0.3 is 5.91 Å². The predicted octanol–water partition coefficient (Wildman–Crippen LogP) is 6.37. The highest BCUT2D eigenvalue weighted by Crippen LogP contribution is 2.45. The molecular formula is C28H23ClN2O5S. The summed E-state index contributed by atoms with van der Waals surface area (Å²) in [6, 6.07) is 18.1. The zero-order chi connectivity index (χ0) is 26.1. The molecule has 1 aliphatic rings. The van der Waals surface area contributed by atoms with Crippen LogP contribution in [0.4, 0.5) is 5.13 Å². The number of aromatic nitrogens is 1. The normalized spacial score (nSPS) is 16.9. The van der Waals surface area contributed by atoms with Gasteiger partial charge in [-0.3, -0.25) is 14.5 Å². The molecule has 0 aliphatic carbocycles. The number of Topliss-reactive ketones (excluding diaryl/α,β-unsaturated/α-hetero) is 1. The number of ketones is 1. The minimum absolute atomic E-state index is 0.0219. The number of nitrogens with zero attached hydrogens (tertiary/aromatic N) is 2. The van der Waals surface area contributed by atoms with Gasteiger partial charge in [0.1, 0.15) is 17.3 Å². The van der Waals surface area contributed by atoms with Gasteiger partial charge in [0.15, 0.2) is 5.13 Å². The molecule has 37 heavy (non-hydrogen) atoms. The van der Waals surface area contributed by atoms with Gasteiger partial charge in [0.2, 0.25) is 0 Å². The Labute approximate surface area is 222 Å². The second-order valence-electron chi connectivity index (χ2n) is 8.42. The monoisotopic (exact) mass is 534 g/mol. The zero-order valence-electron chi connectivity index (χ0n) is 20.1. The number of carbonyl (C=O) groups excluding carboxylic acids is 2. The van der Waals surface area contributed by atoms with Gasteiger partial charge in [0.25, 0.3) is 5.78 Å². The molecule has 0 bridgehead atoms. The first-order valence-corrected chi connectivity index (χ1v) is 12.8. The predicted molar refractivity (Wildman–Crippen MR) is 145 cm³/mol. The largest absolute Gasteiger partial charge is 0.507 e. The topological polar surface area (TPSA) is 89.0 Å². The molecule has 9 heteroatoms. The van der Waals surface area contributed by atoms with E-state index in [2.05, 4.69) is 4.98 Å². The van der Waals surface area contributed by atoms with E-state index in [1.807, 2.05) is 13.0 Å². The van der Waals surface area contributed by atoms with Crippen molar-refractivity contribution in [1.29, 1.82) is 0 Å². The fraction of sp³-hybridized carbons (Fsp3) is 0.179. The second kappa shape index (κ2) is 10.2. The van der Waals surface area contributed by atoms with Crippen molar-refractivity contribution in [3.63, 3.8) is 0 Å². The summed E-state index contributed by atoms with van der Waals surface area (Å²) in [5, 5.41) is 12.1. The molecule has 1 aromatic heterocycles. The number of aliphatic hydroxyl groups is 1. The van der Waals surface area contributed by atoms with Crippen molar-refractivity contribution in [3.05, 3.63) is 88.5 Å². The lowest BCUT2D eigenvalue weighted by Crippen LogP contribution is -2.29. The Kier molecular flexibility index (Phi) is 6.86. The maximum atomic E-state index is 13.4. The van der Waals surface area contributed by atoms with Gasteiger partial charge < -0.3 is 14.6 Å². The van der Waals surface area contributed by atoms with Crippen molar-refractivity contribution in [2.24, 2.45) is 0 Å². The number of ether oxygens (including phenoxy) is 2. The Balaban J connectivity index is 1.66. The third kappa shape index (κ3) is 4.65. The number of thiazole rings is 1. The summed E-state index contributed by atoms with van der Waals surface area (Å²) in [7, 11) is 1.58. The van der Waals surface area contributed by atoms with E-state index < -0.39 is 17.7 Å². The first kappa shape index (κ1) is 24.8. The van der Waals surface area contributed by atoms with E-state index in [9.17, 15) is 14.7 Å². The molecule has 1 N–H and O–H groups in total. The molecule has 1 amide bonds. The lowest BCUT2D eigenvalue weighted by molar-refractivity contribution is -0.132. The fourth-order valence-electron chi connectivity index (χ4n) is 4.20. The number of anilines is 1. The average molecular weight is 535 g/mol. The van der Waals surface area contributed by atoms with E-state index in [-0.39, 0.29) is 11.3 Å². The van der Waals surface area contributed by atoms with Crippen molar-refractivity contribution in [1.82, 2.24) is 4.98 Å². The number of hydrogen-bond donors (Lipinski definition) is 1. The van der Waals surface area contributed by atoms with Gasteiger partial charge in [-0.05, 0) is 66.6 Å². The summed E-state index contributed by atoms with van der Waals surface area (Å²) >= 11 is 7.28. The molecule has 1 aliphatic heterocycles. The van der Waals surface area contributed by atoms with Gasteiger partial charge in [0, 0.05) is 10.6 Å². The van der Waals surface area contributed by atoms with Gasteiger partial charge in [-0.15, -0.1) is 0 Å². The van der Waals surface area contributed by atoms with E-state index in [0.717, 1.165) is 11.1 Å². The second-order valence-corrected chi connectivity index (χ2v) is 9.87. The Bertz CT molecular complexity index is 1510. The van der Waals surface area contributed by atoms with Crippen LogP contribution in [0.1, 0.15) is 30.5 Å². The molecule has 2 heterocycles. The van der Waals surface area contributed by atoms with Crippen LogP contribution in [-0.4, -0.2) is 35.5 Å². The van der Waals surface area contributed by atoms with Crippen LogP contribution < -0.4 is 14.4 Å². The first-order valence-electron chi connectivity index (χ1n) is 11.7. The van der Waals surface area contributed by atoms with Crippen LogP contribution in [0, 0.1) is 0 Å². The molecule has 5 rings (SSSR count). The molecule has 0 saturated carbocycles. The minimum atomic E-state index is -0.890. The van der Waals surface area contributed by atoms with Crippen LogP contribution in [-0.2, 0) is 9.59 Å². The third-order valence-electron chi connectivity index (χ3n) is 6.02. The van der Waals surface area contributed by atoms with Crippen LogP contribution in [0.15, 0.2) is 72.3 Å². The highest BCUT2D eigenvalue weighted by atomic mass is 35.5. The number of hydrogen-bond acceptors (Lipinski definition) is 7. The molecule has 1 saturated heterocycles. The SMILES string of the molecule is CCCOc1ccc(C2C(=C(O)c3ccc(Cl)cc3)C(=O)C(=O)N2c2nc3ccc(OC)cc3s2)cc1. The average Bonchev–Trinajstić information content (AvgIpc) is 3.45. The Morgan fingerprint density at radius 2 is 1.76 bits per heavy atom. The van der Waals surface area contributed by atoms with Crippen LogP contribution in [0.25, 0.3) is 16.0 Å². The summed E-state index contributed by atoms with van der Waals surface area (Å²) in [5.41, 5.74) is 1.66. The first-order chi connectivity index (χ1) is 17.9. The highest BCUT2D eigenvalue weighted by molar-refractivity contribution is 7.22. The van der Waals surface area contributed by atoms with E-state index >= 15 is 0 Å². The Hall–Kier alpha value is -3.88. The molecule has 0 spiro atoms. The van der Waals surface area contributed by atoms with Crippen molar-refractivity contribution in [2.45, 2.75) is 19.4 Å². The van der Waals surface area contributed by atoms with Crippen LogP contribution in [0.5, 0.6) is 11.5 Å². The molecular weight excluding hydrogens is 512 g/mol. The maximum absolute atomic E-state index is 13.4. The van der Waals surface area contributed by atoms with Crippen LogP contribution >= 0.6 is 22.9 Å². The summed E-state index contributed by atoms with van der Waals surface area (Å²) in [4.78, 5) is 32.8. The molecule has 3 aromatic carbocycles. The summed E-state index contributed by atoms with van der Waals surface area (Å²) in [6.07, 6.45) is 0.866. The van der Waals surface area contributed by atoms with Crippen molar-refractivity contribution < 1.29 is 24.2 Å². The van der Waals surface area contributed by atoms with E-state index in [4.69, 9.17) is 21.1 Å². The number of amides is 1. The smallest absolute Gasteiger partial charge is 0.301 e. The number of methoxy groups -OCH3 is 1. The quantitative estimate of drug-likeness (QED) is 0.168. The number of aliphatic hydroxyl groups excluding tert-OH is 1. The van der Waals surface area contributed by atoms with Gasteiger partial charge in [-0.25, -0.2) is 4.98 Å². The summed E-state index contributed by atoms with van der Waals surface area (Å²) in [5.74, 6) is -0.505. The Morgan fingerprint density at radius 3 is 2.43 bits per heavy atom. The molecule has 7 nitrogen and oxygen atoms in total. The van der Waals surface area contributed by atoms with E-state index in [1.54, 1.807) is 67.8 Å². The minimum Gasteiger partial charge on any atom is -0.507 e. The fourth-order valence-corrected chi connectivity index (χ4v) is 5.34. The molecule has 1 unspecified atom stereocenters. The Morgan fingerprint density at radius 1 is 1.05 bits per heavy atom. The molecule has 4 aromatic rings. The van der Waals surface area contributed by atoms with Crippen molar-refractivity contribution in [3.8, 4) is 11.5 Å². The lowest BCUT2D eigenvalue weighted by atomic mass is 9.95. The number of benzene rings is 3. The van der Waals surface area contributed by atoms with Crippen LogP contribution in [0.3, 0.4) is 0 Å². The molecule has 0 radical (unpaired) electrons. The van der Waals surface area contributed by atoms with E-state index in [1.165, 1.54) is 16.2 Å². The van der Waals surface area contributed by atoms with Crippen LogP contribution in [0.2, 0.25) is 5.02 Å². The number of carbonyl (C=O) groups is 2. The van der Waals surface area contributed by atoms with Crippen molar-refractivity contribution >= 4 is 55.7 Å². The maximum Gasteiger partial charge on any atom is 0.301 e. The number of fused-ring (bicyclic) bond motifs is 1. The van der Waals surface area contributed by atoms with Gasteiger partial charge in [0.05, 0.1) is 35.5 Å².